The summed E-state index contributed by atoms with van der Waals surface area (Å²) in [5, 5.41) is 2.61. The molecular weight excluding hydrogens is 156 g/mol. The number of nitrogens with one attached hydrogen (secondary N) is 1. The van der Waals surface area contributed by atoms with E-state index in [2.05, 4.69) is 17.0 Å². The van der Waals surface area contributed by atoms with Crippen molar-refractivity contribution >= 4 is 6.09 Å². The lowest BCUT2D eigenvalue weighted by atomic mass is 10.1. The number of methoxy groups -OCH3 is 1. The molecule has 0 saturated heterocycles. The minimum Gasteiger partial charge on any atom is -0.453 e. The van der Waals surface area contributed by atoms with Gasteiger partial charge in [0.25, 0.3) is 0 Å². The summed E-state index contributed by atoms with van der Waals surface area (Å²) >= 11 is 0. The number of carbonyl (C=O) groups is 1. The molecule has 0 saturated carbocycles. The van der Waals surface area contributed by atoms with E-state index in [4.69, 9.17) is 5.73 Å². The van der Waals surface area contributed by atoms with E-state index in [1.807, 2.05) is 0 Å². The van der Waals surface area contributed by atoms with Gasteiger partial charge in [0.2, 0.25) is 0 Å². The van der Waals surface area contributed by atoms with Gasteiger partial charge in [0.15, 0.2) is 0 Å². The van der Waals surface area contributed by atoms with Crippen LogP contribution in [0.1, 0.15) is 19.8 Å². The van der Waals surface area contributed by atoms with E-state index in [-0.39, 0.29) is 6.09 Å². The van der Waals surface area contributed by atoms with Crippen molar-refractivity contribution in [2.24, 2.45) is 11.7 Å². The third-order valence-electron chi connectivity index (χ3n) is 1.73. The molecule has 0 radical (unpaired) electrons. The summed E-state index contributed by atoms with van der Waals surface area (Å²) in [5.74, 6) is 0.532. The van der Waals surface area contributed by atoms with Gasteiger partial charge in [-0.05, 0) is 25.3 Å². The van der Waals surface area contributed by atoms with Crippen molar-refractivity contribution in [3.63, 3.8) is 0 Å². The second kappa shape index (κ2) is 6.91. The Hall–Kier alpha value is -0.770. The minimum atomic E-state index is -0.365. The fraction of sp³-hybridized carbons (Fsp3) is 0.875. The summed E-state index contributed by atoms with van der Waals surface area (Å²) in [7, 11) is 1.36. The van der Waals surface area contributed by atoms with E-state index in [1.54, 1.807) is 0 Å². The average Bonchev–Trinajstić information content (AvgIpc) is 2.11. The highest BCUT2D eigenvalue weighted by atomic mass is 16.5. The van der Waals surface area contributed by atoms with Gasteiger partial charge in [0, 0.05) is 6.54 Å². The first-order valence-electron chi connectivity index (χ1n) is 4.22. The Balaban J connectivity index is 3.15. The fourth-order valence-corrected chi connectivity index (χ4v) is 0.831. The predicted octanol–water partition coefficient (Wildman–Crippen LogP) is 0.717. The van der Waals surface area contributed by atoms with Crippen molar-refractivity contribution in [2.75, 3.05) is 20.2 Å². The van der Waals surface area contributed by atoms with Crippen LogP contribution >= 0.6 is 0 Å². The van der Waals surface area contributed by atoms with E-state index >= 15 is 0 Å². The van der Waals surface area contributed by atoms with Crippen LogP contribution in [-0.4, -0.2) is 26.3 Å². The number of carbonyl (C=O) groups excluding carboxylic acids is 1. The predicted molar refractivity (Wildman–Crippen MR) is 47.9 cm³/mol. The summed E-state index contributed by atoms with van der Waals surface area (Å²) in [6.45, 7) is 3.47. The number of hydrogen-bond acceptors (Lipinski definition) is 3. The van der Waals surface area contributed by atoms with Gasteiger partial charge in [-0.25, -0.2) is 4.79 Å². The van der Waals surface area contributed by atoms with Gasteiger partial charge in [0.05, 0.1) is 7.11 Å². The Labute approximate surface area is 73.5 Å². The normalized spacial score (nSPS) is 12.2. The number of nitrogens with two attached hydrogens (primary N) is 1. The Morgan fingerprint density at radius 3 is 2.83 bits per heavy atom. The van der Waals surface area contributed by atoms with Gasteiger partial charge >= 0.3 is 6.09 Å². The first kappa shape index (κ1) is 11.2. The second-order valence-electron chi connectivity index (χ2n) is 2.90. The van der Waals surface area contributed by atoms with Gasteiger partial charge in [-0.3, -0.25) is 0 Å². The molecule has 0 aromatic heterocycles. The number of ether oxygens (including phenoxy) is 1. The van der Waals surface area contributed by atoms with Crippen LogP contribution in [-0.2, 0) is 4.74 Å². The zero-order chi connectivity index (χ0) is 9.40. The molecule has 0 aliphatic carbocycles. The first-order valence-corrected chi connectivity index (χ1v) is 4.22. The Kier molecular flexibility index (Phi) is 6.47. The highest BCUT2D eigenvalue weighted by Crippen LogP contribution is 2.01. The van der Waals surface area contributed by atoms with Crippen molar-refractivity contribution in [1.29, 1.82) is 0 Å². The van der Waals surface area contributed by atoms with E-state index in [1.165, 1.54) is 7.11 Å². The van der Waals surface area contributed by atoms with Gasteiger partial charge in [-0.2, -0.15) is 0 Å². The molecule has 0 aromatic rings. The molecule has 0 rings (SSSR count). The molecule has 4 nitrogen and oxygen atoms in total. The lowest BCUT2D eigenvalue weighted by Crippen LogP contribution is -2.24. The maximum Gasteiger partial charge on any atom is 0.406 e. The molecule has 0 aliphatic rings. The Morgan fingerprint density at radius 2 is 2.33 bits per heavy atom. The van der Waals surface area contributed by atoms with Gasteiger partial charge in [-0.15, -0.1) is 0 Å². The molecule has 0 heterocycles. The Bertz CT molecular complexity index is 128. The van der Waals surface area contributed by atoms with E-state index in [9.17, 15) is 4.79 Å². The molecule has 1 amide bonds. The molecule has 3 N–H and O–H groups in total. The summed E-state index contributed by atoms with van der Waals surface area (Å²) < 4.78 is 4.41. The van der Waals surface area contributed by atoms with E-state index in [0.29, 0.717) is 19.0 Å². The number of hydrogen-bond donors (Lipinski definition) is 2. The largest absolute Gasteiger partial charge is 0.453 e. The zero-order valence-corrected chi connectivity index (χ0v) is 7.80. The van der Waals surface area contributed by atoms with Crippen molar-refractivity contribution in [2.45, 2.75) is 19.8 Å². The molecule has 0 aromatic carbocycles. The van der Waals surface area contributed by atoms with Gasteiger partial charge in [-0.1, -0.05) is 6.92 Å². The molecule has 0 fully saturated rings. The van der Waals surface area contributed by atoms with Crippen LogP contribution in [0.2, 0.25) is 0 Å². The summed E-state index contributed by atoms with van der Waals surface area (Å²) in [6, 6.07) is 0. The highest BCUT2D eigenvalue weighted by molar-refractivity contribution is 5.66. The highest BCUT2D eigenvalue weighted by Gasteiger charge is 2.00. The summed E-state index contributed by atoms with van der Waals surface area (Å²) in [5.41, 5.74) is 5.43. The van der Waals surface area contributed by atoms with Gasteiger partial charge in [0.1, 0.15) is 0 Å². The lowest BCUT2D eigenvalue weighted by molar-refractivity contribution is 0.170. The molecule has 0 aliphatic heterocycles. The second-order valence-corrected chi connectivity index (χ2v) is 2.90. The standard InChI is InChI=1S/C8H18N2O2/c1-7(6-9)4-3-5-10-8(11)12-2/h7H,3-6,9H2,1-2H3,(H,10,11)/t7-/m1/s1. The summed E-state index contributed by atoms with van der Waals surface area (Å²) in [4.78, 5) is 10.6. The van der Waals surface area contributed by atoms with Crippen LogP contribution in [0.25, 0.3) is 0 Å². The SMILES string of the molecule is COC(=O)NCCC[C@@H](C)CN. The minimum absolute atomic E-state index is 0.365. The van der Waals surface area contributed by atoms with Crippen molar-refractivity contribution in [3.05, 3.63) is 0 Å². The number of rotatable bonds is 5. The van der Waals surface area contributed by atoms with Crippen molar-refractivity contribution in [3.8, 4) is 0 Å². The van der Waals surface area contributed by atoms with E-state index < -0.39 is 0 Å². The van der Waals surface area contributed by atoms with Crippen LogP contribution in [0.4, 0.5) is 4.79 Å². The third kappa shape index (κ3) is 5.97. The zero-order valence-electron chi connectivity index (χ0n) is 7.80. The average molecular weight is 174 g/mol. The smallest absolute Gasteiger partial charge is 0.406 e. The fourth-order valence-electron chi connectivity index (χ4n) is 0.831. The molecule has 0 unspecified atom stereocenters. The molecule has 72 valence electrons. The van der Waals surface area contributed by atoms with Crippen LogP contribution in [0, 0.1) is 5.92 Å². The monoisotopic (exact) mass is 174 g/mol. The molecule has 4 heteroatoms. The molecule has 0 bridgehead atoms. The number of alkyl carbamates (subject to hydrolysis) is 1. The maximum absolute atomic E-state index is 10.6. The Morgan fingerprint density at radius 1 is 1.67 bits per heavy atom. The van der Waals surface area contributed by atoms with Crippen LogP contribution in [0.15, 0.2) is 0 Å². The first-order chi connectivity index (χ1) is 5.70. The molecule has 1 atom stereocenters. The third-order valence-corrected chi connectivity index (χ3v) is 1.73. The van der Waals surface area contributed by atoms with Crippen molar-refractivity contribution < 1.29 is 9.53 Å². The maximum atomic E-state index is 10.6. The van der Waals surface area contributed by atoms with Crippen LogP contribution in [0.3, 0.4) is 0 Å². The summed E-state index contributed by atoms with van der Waals surface area (Å²) in [6.07, 6.45) is 1.63. The van der Waals surface area contributed by atoms with E-state index in [0.717, 1.165) is 12.8 Å². The molecule has 12 heavy (non-hydrogen) atoms. The van der Waals surface area contributed by atoms with Crippen molar-refractivity contribution in [1.82, 2.24) is 5.32 Å². The molecular formula is C8H18N2O2. The quantitative estimate of drug-likeness (QED) is 0.603. The molecule has 0 spiro atoms. The van der Waals surface area contributed by atoms with Crippen LogP contribution < -0.4 is 11.1 Å². The number of amides is 1. The topological polar surface area (TPSA) is 64.3 Å². The lowest BCUT2D eigenvalue weighted by Gasteiger charge is -2.07. The van der Waals surface area contributed by atoms with Gasteiger partial charge < -0.3 is 15.8 Å². The van der Waals surface area contributed by atoms with Crippen LogP contribution in [0.5, 0.6) is 0 Å².